The van der Waals surface area contributed by atoms with E-state index in [1.807, 2.05) is 48.0 Å². The zero-order chi connectivity index (χ0) is 20.9. The Balaban J connectivity index is 1.38. The van der Waals surface area contributed by atoms with Crippen molar-refractivity contribution in [2.45, 2.75) is 17.5 Å². The molecule has 0 aliphatic heterocycles. The Labute approximate surface area is 187 Å². The lowest BCUT2D eigenvalue weighted by Gasteiger charge is -2.06. The number of aromatic nitrogens is 4. The van der Waals surface area contributed by atoms with E-state index in [0.29, 0.717) is 17.4 Å². The van der Waals surface area contributed by atoms with Gasteiger partial charge in [0.25, 0.3) is 0 Å². The van der Waals surface area contributed by atoms with Crippen molar-refractivity contribution in [1.82, 2.24) is 19.7 Å². The number of ether oxygens (including phenoxy) is 2. The fraction of sp³-hybridized carbons (Fsp3) is 0.190. The molecule has 9 heteroatoms. The maximum Gasteiger partial charge on any atom is 0.191 e. The molecule has 0 aliphatic carbocycles. The SMILES string of the molecule is COc1ccccc1-c1nc(CSc2nnc(COc3ccc(Cl)cc3)n2C)cs1. The highest BCUT2D eigenvalue weighted by atomic mass is 35.5. The number of nitrogens with zero attached hydrogens (tertiary/aromatic N) is 4. The molecule has 2 aromatic carbocycles. The van der Waals surface area contributed by atoms with Crippen molar-refractivity contribution in [3.63, 3.8) is 0 Å². The zero-order valence-electron chi connectivity index (χ0n) is 16.4. The van der Waals surface area contributed by atoms with E-state index in [9.17, 15) is 0 Å². The number of hydrogen-bond acceptors (Lipinski definition) is 7. The molecule has 0 unspecified atom stereocenters. The number of methoxy groups -OCH3 is 1. The average molecular weight is 459 g/mol. The Bertz CT molecular complexity index is 1130. The predicted octanol–water partition coefficient (Wildman–Crippen LogP) is 5.47. The van der Waals surface area contributed by atoms with E-state index in [4.69, 9.17) is 26.1 Å². The lowest BCUT2D eigenvalue weighted by molar-refractivity contribution is 0.290. The van der Waals surface area contributed by atoms with Gasteiger partial charge in [0, 0.05) is 23.2 Å². The van der Waals surface area contributed by atoms with Crippen LogP contribution in [0.5, 0.6) is 11.5 Å². The van der Waals surface area contributed by atoms with Gasteiger partial charge in [-0.25, -0.2) is 4.98 Å². The number of benzene rings is 2. The Kier molecular flexibility index (Phi) is 6.56. The van der Waals surface area contributed by atoms with Crippen LogP contribution < -0.4 is 9.47 Å². The second-order valence-electron chi connectivity index (χ2n) is 6.33. The molecule has 0 amide bonds. The minimum absolute atomic E-state index is 0.334. The molecule has 4 rings (SSSR count). The van der Waals surface area contributed by atoms with Gasteiger partial charge in [0.2, 0.25) is 0 Å². The van der Waals surface area contributed by atoms with Gasteiger partial charge in [-0.05, 0) is 36.4 Å². The Morgan fingerprint density at radius 1 is 1.10 bits per heavy atom. The first kappa shape index (κ1) is 20.7. The molecule has 2 aromatic heterocycles. The summed E-state index contributed by atoms with van der Waals surface area (Å²) in [4.78, 5) is 4.75. The molecule has 0 atom stereocenters. The lowest BCUT2D eigenvalue weighted by atomic mass is 10.2. The number of thioether (sulfide) groups is 1. The van der Waals surface area contributed by atoms with Crippen molar-refractivity contribution in [1.29, 1.82) is 0 Å². The third kappa shape index (κ3) is 4.77. The molecule has 0 N–H and O–H groups in total. The van der Waals surface area contributed by atoms with Crippen LogP contribution in [-0.4, -0.2) is 26.9 Å². The van der Waals surface area contributed by atoms with Gasteiger partial charge in [-0.2, -0.15) is 0 Å². The fourth-order valence-corrected chi connectivity index (χ4v) is 4.64. The molecule has 0 bridgehead atoms. The van der Waals surface area contributed by atoms with E-state index >= 15 is 0 Å². The Hall–Kier alpha value is -2.55. The van der Waals surface area contributed by atoms with Gasteiger partial charge in [-0.1, -0.05) is 35.5 Å². The molecule has 0 saturated carbocycles. The van der Waals surface area contributed by atoms with Crippen LogP contribution in [0.25, 0.3) is 10.6 Å². The van der Waals surface area contributed by atoms with E-state index in [0.717, 1.165) is 38.7 Å². The number of para-hydroxylation sites is 1. The second kappa shape index (κ2) is 9.51. The summed E-state index contributed by atoms with van der Waals surface area (Å²) in [7, 11) is 3.61. The number of hydrogen-bond donors (Lipinski definition) is 0. The predicted molar refractivity (Wildman–Crippen MR) is 120 cm³/mol. The summed E-state index contributed by atoms with van der Waals surface area (Å²) in [5.41, 5.74) is 1.99. The molecule has 154 valence electrons. The van der Waals surface area contributed by atoms with Gasteiger partial charge >= 0.3 is 0 Å². The summed E-state index contributed by atoms with van der Waals surface area (Å²) >= 11 is 9.10. The molecule has 0 aliphatic rings. The van der Waals surface area contributed by atoms with Gasteiger partial charge in [-0.15, -0.1) is 21.5 Å². The monoisotopic (exact) mass is 458 g/mol. The largest absolute Gasteiger partial charge is 0.496 e. The van der Waals surface area contributed by atoms with Crippen LogP contribution >= 0.6 is 34.7 Å². The Morgan fingerprint density at radius 3 is 2.70 bits per heavy atom. The zero-order valence-corrected chi connectivity index (χ0v) is 18.8. The van der Waals surface area contributed by atoms with Gasteiger partial charge in [0.15, 0.2) is 11.0 Å². The normalized spacial score (nSPS) is 10.9. The minimum Gasteiger partial charge on any atom is -0.496 e. The van der Waals surface area contributed by atoms with Crippen LogP contribution in [0.4, 0.5) is 0 Å². The van der Waals surface area contributed by atoms with Gasteiger partial charge in [-0.3, -0.25) is 0 Å². The quantitative estimate of drug-likeness (QED) is 0.326. The maximum absolute atomic E-state index is 5.90. The molecule has 30 heavy (non-hydrogen) atoms. The third-order valence-corrected chi connectivity index (χ3v) is 6.58. The number of halogens is 1. The van der Waals surface area contributed by atoms with Gasteiger partial charge in [0.05, 0.1) is 18.4 Å². The molecule has 0 fully saturated rings. The number of rotatable bonds is 8. The maximum atomic E-state index is 5.90. The highest BCUT2D eigenvalue weighted by molar-refractivity contribution is 7.98. The first-order valence-corrected chi connectivity index (χ1v) is 11.4. The van der Waals surface area contributed by atoms with Crippen molar-refractivity contribution in [3.05, 3.63) is 70.5 Å². The van der Waals surface area contributed by atoms with Gasteiger partial charge in [0.1, 0.15) is 23.1 Å². The molecule has 6 nitrogen and oxygen atoms in total. The first-order valence-electron chi connectivity index (χ1n) is 9.11. The summed E-state index contributed by atoms with van der Waals surface area (Å²) in [5, 5.41) is 13.0. The van der Waals surface area contributed by atoms with E-state index < -0.39 is 0 Å². The van der Waals surface area contributed by atoms with Crippen LogP contribution in [0.3, 0.4) is 0 Å². The highest BCUT2D eigenvalue weighted by Gasteiger charge is 2.13. The van der Waals surface area contributed by atoms with Crippen LogP contribution in [0.15, 0.2) is 59.1 Å². The molecule has 2 heterocycles. The van der Waals surface area contributed by atoms with Crippen LogP contribution in [0.2, 0.25) is 5.02 Å². The topological polar surface area (TPSA) is 62.1 Å². The molecule has 0 radical (unpaired) electrons. The average Bonchev–Trinajstić information content (AvgIpc) is 3.38. The van der Waals surface area contributed by atoms with Crippen molar-refractivity contribution in [2.75, 3.05) is 7.11 Å². The van der Waals surface area contributed by atoms with Crippen molar-refractivity contribution in [2.24, 2.45) is 7.05 Å². The van der Waals surface area contributed by atoms with Crippen molar-refractivity contribution >= 4 is 34.7 Å². The van der Waals surface area contributed by atoms with E-state index in [-0.39, 0.29) is 0 Å². The third-order valence-electron chi connectivity index (χ3n) is 4.34. The van der Waals surface area contributed by atoms with Crippen LogP contribution in [-0.2, 0) is 19.4 Å². The minimum atomic E-state index is 0.334. The molecule has 0 spiro atoms. The summed E-state index contributed by atoms with van der Waals surface area (Å²) < 4.78 is 13.1. The van der Waals surface area contributed by atoms with E-state index in [1.54, 1.807) is 42.3 Å². The first-order chi connectivity index (χ1) is 14.6. The molecular weight excluding hydrogens is 440 g/mol. The molecular formula is C21H19ClN4O2S2. The van der Waals surface area contributed by atoms with Gasteiger partial charge < -0.3 is 14.0 Å². The van der Waals surface area contributed by atoms with E-state index in [1.165, 1.54) is 0 Å². The fourth-order valence-electron chi connectivity index (χ4n) is 2.73. The Morgan fingerprint density at radius 2 is 1.90 bits per heavy atom. The summed E-state index contributed by atoms with van der Waals surface area (Å²) in [6, 6.07) is 15.1. The van der Waals surface area contributed by atoms with Crippen LogP contribution in [0.1, 0.15) is 11.5 Å². The summed E-state index contributed by atoms with van der Waals surface area (Å²) in [6.07, 6.45) is 0. The standard InChI is InChI=1S/C21H19ClN4O2S2/c1-26-19(11-28-16-9-7-14(22)8-10-16)24-25-21(26)30-13-15-12-29-20(23-15)17-5-3-4-6-18(17)27-2/h3-10,12H,11,13H2,1-2H3. The molecule has 0 saturated heterocycles. The van der Waals surface area contributed by atoms with Crippen molar-refractivity contribution < 1.29 is 9.47 Å². The van der Waals surface area contributed by atoms with E-state index in [2.05, 4.69) is 15.6 Å². The number of thiazole rings is 1. The highest BCUT2D eigenvalue weighted by Crippen LogP contribution is 2.33. The van der Waals surface area contributed by atoms with Crippen molar-refractivity contribution in [3.8, 4) is 22.1 Å². The lowest BCUT2D eigenvalue weighted by Crippen LogP contribution is -2.04. The molecule has 4 aromatic rings. The second-order valence-corrected chi connectivity index (χ2v) is 8.57. The summed E-state index contributed by atoms with van der Waals surface area (Å²) in [6.45, 7) is 0.334. The smallest absolute Gasteiger partial charge is 0.191 e. The van der Waals surface area contributed by atoms with Crippen LogP contribution in [0, 0.1) is 0 Å². The summed E-state index contributed by atoms with van der Waals surface area (Å²) in [5.74, 6) is 3.02.